The summed E-state index contributed by atoms with van der Waals surface area (Å²) in [4.78, 5) is 13.6. The van der Waals surface area contributed by atoms with Crippen LogP contribution in [0.3, 0.4) is 0 Å². The quantitative estimate of drug-likeness (QED) is 0.702. The number of nitrogens with zero attached hydrogens (tertiary/aromatic N) is 6. The van der Waals surface area contributed by atoms with Gasteiger partial charge in [-0.05, 0) is 36.2 Å². The van der Waals surface area contributed by atoms with Gasteiger partial charge in [0.15, 0.2) is 11.6 Å². The van der Waals surface area contributed by atoms with E-state index in [1.54, 1.807) is 7.11 Å². The third kappa shape index (κ3) is 3.85. The predicted molar refractivity (Wildman–Crippen MR) is 86.7 cm³/mol. The highest BCUT2D eigenvalue weighted by Gasteiger charge is 2.17. The molecule has 0 amide bonds. The van der Waals surface area contributed by atoms with Gasteiger partial charge in [0, 0.05) is 33.8 Å². The molecular formula is C14H23N7O2. The Hall–Kier alpha value is -2.00. The Kier molecular flexibility index (Phi) is 5.19. The first-order chi connectivity index (χ1) is 11.3. The van der Waals surface area contributed by atoms with E-state index < -0.39 is 0 Å². The van der Waals surface area contributed by atoms with E-state index >= 15 is 0 Å². The molecule has 1 saturated heterocycles. The molecule has 0 saturated carbocycles. The number of aromatic nitrogens is 4. The molecule has 0 spiro atoms. The zero-order chi connectivity index (χ0) is 16.1. The SMILES string of the molecule is COCCNc1nc2nonc2nc1N(C)CCN1CCCC1. The van der Waals surface area contributed by atoms with E-state index in [4.69, 9.17) is 9.37 Å². The largest absolute Gasteiger partial charge is 0.383 e. The number of fused-ring (bicyclic) bond motifs is 1. The number of methoxy groups -OCH3 is 1. The standard InChI is InChI=1S/C14H23N7O2/c1-20(8-9-21-6-3-4-7-21)14-13(15-5-10-22-2)16-11-12(17-14)19-23-18-11/h3-10H2,1-2H3,(H,15,16,18). The third-order valence-corrected chi connectivity index (χ3v) is 4.01. The molecule has 1 aliphatic rings. The first-order valence-corrected chi connectivity index (χ1v) is 7.94. The van der Waals surface area contributed by atoms with Gasteiger partial charge in [-0.1, -0.05) is 0 Å². The molecule has 23 heavy (non-hydrogen) atoms. The molecule has 0 radical (unpaired) electrons. The zero-order valence-corrected chi connectivity index (χ0v) is 13.7. The summed E-state index contributed by atoms with van der Waals surface area (Å²) in [7, 11) is 3.68. The number of likely N-dealkylation sites (tertiary alicyclic amines) is 1. The van der Waals surface area contributed by atoms with E-state index in [1.165, 1.54) is 25.9 Å². The van der Waals surface area contributed by atoms with Crippen LogP contribution >= 0.6 is 0 Å². The first kappa shape index (κ1) is 15.9. The molecule has 0 aliphatic carbocycles. The van der Waals surface area contributed by atoms with Crippen LogP contribution in [0.15, 0.2) is 4.63 Å². The topological polar surface area (TPSA) is 92.4 Å². The highest BCUT2D eigenvalue weighted by molar-refractivity contribution is 5.73. The van der Waals surface area contributed by atoms with E-state index in [9.17, 15) is 0 Å². The molecule has 3 heterocycles. The maximum Gasteiger partial charge on any atom is 0.245 e. The molecule has 126 valence electrons. The maximum atomic E-state index is 5.07. The van der Waals surface area contributed by atoms with Gasteiger partial charge in [-0.25, -0.2) is 14.6 Å². The average Bonchev–Trinajstić information content (AvgIpc) is 3.23. The summed E-state index contributed by atoms with van der Waals surface area (Å²) in [6.07, 6.45) is 2.59. The monoisotopic (exact) mass is 321 g/mol. The molecular weight excluding hydrogens is 298 g/mol. The second-order valence-electron chi connectivity index (χ2n) is 5.70. The summed E-state index contributed by atoms with van der Waals surface area (Å²) in [5, 5.41) is 10.8. The molecule has 0 aromatic carbocycles. The lowest BCUT2D eigenvalue weighted by Crippen LogP contribution is -2.32. The minimum absolute atomic E-state index is 0.404. The van der Waals surface area contributed by atoms with Crippen molar-refractivity contribution in [3.05, 3.63) is 0 Å². The van der Waals surface area contributed by atoms with Crippen molar-refractivity contribution in [2.75, 3.05) is 63.7 Å². The number of anilines is 2. The van der Waals surface area contributed by atoms with Gasteiger partial charge in [0.05, 0.1) is 6.61 Å². The van der Waals surface area contributed by atoms with Gasteiger partial charge in [-0.3, -0.25) is 0 Å². The Balaban J connectivity index is 1.73. The fourth-order valence-electron chi connectivity index (χ4n) is 2.69. The molecule has 0 bridgehead atoms. The van der Waals surface area contributed by atoms with Crippen molar-refractivity contribution in [3.8, 4) is 0 Å². The highest BCUT2D eigenvalue weighted by Crippen LogP contribution is 2.22. The van der Waals surface area contributed by atoms with Gasteiger partial charge < -0.3 is 19.9 Å². The van der Waals surface area contributed by atoms with Gasteiger partial charge in [-0.2, -0.15) is 0 Å². The molecule has 1 aliphatic heterocycles. The van der Waals surface area contributed by atoms with Crippen molar-refractivity contribution in [3.63, 3.8) is 0 Å². The van der Waals surface area contributed by atoms with E-state index in [1.807, 2.05) is 7.05 Å². The van der Waals surface area contributed by atoms with E-state index in [0.29, 0.717) is 30.3 Å². The Morgan fingerprint density at radius 3 is 2.70 bits per heavy atom. The molecule has 3 rings (SSSR count). The number of nitrogens with one attached hydrogen (secondary N) is 1. The zero-order valence-electron chi connectivity index (χ0n) is 13.7. The van der Waals surface area contributed by atoms with Gasteiger partial charge >= 0.3 is 0 Å². The first-order valence-electron chi connectivity index (χ1n) is 7.94. The van der Waals surface area contributed by atoms with E-state index in [2.05, 4.69) is 35.4 Å². The Morgan fingerprint density at radius 1 is 1.22 bits per heavy atom. The molecule has 1 fully saturated rings. The normalized spacial score (nSPS) is 15.4. The van der Waals surface area contributed by atoms with Crippen molar-refractivity contribution in [1.29, 1.82) is 0 Å². The fraction of sp³-hybridized carbons (Fsp3) is 0.714. The van der Waals surface area contributed by atoms with Crippen LogP contribution < -0.4 is 10.2 Å². The molecule has 1 N–H and O–H groups in total. The summed E-state index contributed by atoms with van der Waals surface area (Å²) < 4.78 is 9.79. The van der Waals surface area contributed by atoms with Crippen LogP contribution in [0.1, 0.15) is 12.8 Å². The Morgan fingerprint density at radius 2 is 1.96 bits per heavy atom. The van der Waals surface area contributed by atoms with Crippen molar-refractivity contribution >= 4 is 22.9 Å². The summed E-state index contributed by atoms with van der Waals surface area (Å²) in [6, 6.07) is 0. The average molecular weight is 321 g/mol. The summed E-state index contributed by atoms with van der Waals surface area (Å²) in [6.45, 7) is 5.51. The highest BCUT2D eigenvalue weighted by atomic mass is 16.6. The Bertz CT molecular complexity index is 627. The van der Waals surface area contributed by atoms with Crippen molar-refractivity contribution < 1.29 is 9.37 Å². The maximum absolute atomic E-state index is 5.07. The van der Waals surface area contributed by atoms with Crippen LogP contribution in [-0.2, 0) is 4.74 Å². The van der Waals surface area contributed by atoms with Crippen LogP contribution in [0.5, 0.6) is 0 Å². The van der Waals surface area contributed by atoms with Crippen LogP contribution in [0.25, 0.3) is 11.3 Å². The van der Waals surface area contributed by atoms with Crippen LogP contribution in [0, 0.1) is 0 Å². The van der Waals surface area contributed by atoms with Crippen molar-refractivity contribution in [1.82, 2.24) is 25.2 Å². The third-order valence-electron chi connectivity index (χ3n) is 4.01. The van der Waals surface area contributed by atoms with E-state index in [0.717, 1.165) is 18.9 Å². The number of hydrogen-bond donors (Lipinski definition) is 1. The van der Waals surface area contributed by atoms with Crippen molar-refractivity contribution in [2.45, 2.75) is 12.8 Å². The summed E-state index contributed by atoms with van der Waals surface area (Å²) in [5.41, 5.74) is 0.826. The fourth-order valence-corrected chi connectivity index (χ4v) is 2.69. The van der Waals surface area contributed by atoms with Gasteiger partial charge in [0.1, 0.15) is 0 Å². The lowest BCUT2D eigenvalue weighted by atomic mass is 10.4. The minimum atomic E-state index is 0.404. The second kappa shape index (κ2) is 7.51. The number of hydrogen-bond acceptors (Lipinski definition) is 9. The predicted octanol–water partition coefficient (Wildman–Crippen LogP) is 0.603. The van der Waals surface area contributed by atoms with Crippen LogP contribution in [-0.4, -0.2) is 78.7 Å². The molecule has 9 nitrogen and oxygen atoms in total. The minimum Gasteiger partial charge on any atom is -0.383 e. The molecule has 0 atom stereocenters. The molecule has 9 heteroatoms. The lowest BCUT2D eigenvalue weighted by Gasteiger charge is -2.23. The lowest BCUT2D eigenvalue weighted by molar-refractivity contribution is 0.210. The smallest absolute Gasteiger partial charge is 0.245 e. The molecule has 0 unspecified atom stereocenters. The van der Waals surface area contributed by atoms with Crippen LogP contribution in [0.2, 0.25) is 0 Å². The van der Waals surface area contributed by atoms with Crippen LogP contribution in [0.4, 0.5) is 11.6 Å². The van der Waals surface area contributed by atoms with Gasteiger partial charge in [0.2, 0.25) is 11.3 Å². The molecule has 2 aromatic heterocycles. The Labute approximate surface area is 135 Å². The van der Waals surface area contributed by atoms with Crippen molar-refractivity contribution in [2.24, 2.45) is 0 Å². The number of likely N-dealkylation sites (N-methyl/N-ethyl adjacent to an activating group) is 1. The summed E-state index contributed by atoms with van der Waals surface area (Å²) in [5.74, 6) is 1.43. The van der Waals surface area contributed by atoms with Gasteiger partial charge in [-0.15, -0.1) is 0 Å². The molecule has 2 aromatic rings. The number of ether oxygens (including phenoxy) is 1. The number of rotatable bonds is 8. The van der Waals surface area contributed by atoms with E-state index in [-0.39, 0.29) is 0 Å². The summed E-state index contributed by atoms with van der Waals surface area (Å²) >= 11 is 0. The second-order valence-corrected chi connectivity index (χ2v) is 5.70. The van der Waals surface area contributed by atoms with Gasteiger partial charge in [0.25, 0.3) is 0 Å².